The Morgan fingerprint density at radius 3 is 2.16 bits per heavy atom. The Bertz CT molecular complexity index is 927. The maximum atomic E-state index is 12.8. The summed E-state index contributed by atoms with van der Waals surface area (Å²) in [4.78, 5) is 12.8. The van der Waals surface area contributed by atoms with Gasteiger partial charge in [-0.05, 0) is 68.1 Å². The molecular formula is C23H32N2O5S. The standard InChI is InChI=1S/C23H32N2O5S/c1-5-22(25(31(4,27)28)19-11-15-20(29-3)16-12-19)23(26)24-17-7-8-18-9-13-21(14-10-18)30-6-2/h9-16,22H,5-8,17H2,1-4H3,(H,24,26). The van der Waals surface area contributed by atoms with Gasteiger partial charge < -0.3 is 14.8 Å². The van der Waals surface area contributed by atoms with Gasteiger partial charge in [-0.3, -0.25) is 9.10 Å². The molecule has 8 heteroatoms. The number of carbonyl (C=O) groups is 1. The van der Waals surface area contributed by atoms with E-state index in [-0.39, 0.29) is 5.91 Å². The Kier molecular flexibility index (Phi) is 9.18. The van der Waals surface area contributed by atoms with Crippen molar-refractivity contribution in [2.75, 3.05) is 30.8 Å². The zero-order chi connectivity index (χ0) is 22.9. The Morgan fingerprint density at radius 1 is 1.03 bits per heavy atom. The van der Waals surface area contributed by atoms with Crippen LogP contribution in [0.1, 0.15) is 32.3 Å². The lowest BCUT2D eigenvalue weighted by Gasteiger charge is -2.30. The van der Waals surface area contributed by atoms with Crippen molar-refractivity contribution >= 4 is 21.6 Å². The number of methoxy groups -OCH3 is 1. The summed E-state index contributed by atoms with van der Waals surface area (Å²) >= 11 is 0. The molecular weight excluding hydrogens is 416 g/mol. The molecule has 0 aliphatic rings. The summed E-state index contributed by atoms with van der Waals surface area (Å²) in [6.45, 7) is 4.83. The summed E-state index contributed by atoms with van der Waals surface area (Å²) in [6, 6.07) is 13.7. The highest BCUT2D eigenvalue weighted by Gasteiger charge is 2.31. The summed E-state index contributed by atoms with van der Waals surface area (Å²) < 4.78 is 36.7. The summed E-state index contributed by atoms with van der Waals surface area (Å²) in [7, 11) is -2.12. The number of amides is 1. The Hall–Kier alpha value is -2.74. The number of hydrogen-bond donors (Lipinski definition) is 1. The van der Waals surface area contributed by atoms with Crippen molar-refractivity contribution in [3.05, 3.63) is 54.1 Å². The minimum absolute atomic E-state index is 0.310. The SMILES string of the molecule is CCOc1ccc(CCCNC(=O)C(CC)N(c2ccc(OC)cc2)S(C)(=O)=O)cc1. The van der Waals surface area contributed by atoms with Gasteiger partial charge in [0.25, 0.3) is 0 Å². The number of carbonyl (C=O) groups excluding carboxylic acids is 1. The molecule has 0 heterocycles. The van der Waals surface area contributed by atoms with E-state index in [0.29, 0.717) is 31.0 Å². The van der Waals surface area contributed by atoms with Crippen molar-refractivity contribution in [3.63, 3.8) is 0 Å². The monoisotopic (exact) mass is 448 g/mol. The molecule has 1 amide bonds. The Morgan fingerprint density at radius 2 is 1.65 bits per heavy atom. The van der Waals surface area contributed by atoms with Gasteiger partial charge in [-0.2, -0.15) is 0 Å². The van der Waals surface area contributed by atoms with Gasteiger partial charge in [-0.1, -0.05) is 19.1 Å². The smallest absolute Gasteiger partial charge is 0.243 e. The first-order valence-electron chi connectivity index (χ1n) is 10.4. The average Bonchev–Trinajstić information content (AvgIpc) is 2.75. The van der Waals surface area contributed by atoms with E-state index < -0.39 is 16.1 Å². The number of anilines is 1. The Labute approximate surface area is 185 Å². The topological polar surface area (TPSA) is 84.9 Å². The van der Waals surface area contributed by atoms with Crippen LogP contribution in [0.25, 0.3) is 0 Å². The molecule has 2 aromatic carbocycles. The highest BCUT2D eigenvalue weighted by atomic mass is 32.2. The van der Waals surface area contributed by atoms with Gasteiger partial charge >= 0.3 is 0 Å². The third kappa shape index (κ3) is 7.17. The molecule has 1 atom stereocenters. The fourth-order valence-electron chi connectivity index (χ4n) is 3.33. The molecule has 2 rings (SSSR count). The van der Waals surface area contributed by atoms with Crippen LogP contribution in [0.3, 0.4) is 0 Å². The lowest BCUT2D eigenvalue weighted by molar-refractivity contribution is -0.122. The molecule has 7 nitrogen and oxygen atoms in total. The molecule has 1 unspecified atom stereocenters. The molecule has 2 aromatic rings. The number of ether oxygens (including phenoxy) is 2. The number of sulfonamides is 1. The molecule has 1 N–H and O–H groups in total. The fourth-order valence-corrected chi connectivity index (χ4v) is 4.54. The second-order valence-corrected chi connectivity index (χ2v) is 9.01. The van der Waals surface area contributed by atoms with Gasteiger partial charge in [-0.15, -0.1) is 0 Å². The fraction of sp³-hybridized carbons (Fsp3) is 0.435. The number of nitrogens with zero attached hydrogens (tertiary/aromatic N) is 1. The van der Waals surface area contributed by atoms with Gasteiger partial charge in [0.05, 0.1) is 25.7 Å². The highest BCUT2D eigenvalue weighted by Crippen LogP contribution is 2.25. The number of hydrogen-bond acceptors (Lipinski definition) is 5. The highest BCUT2D eigenvalue weighted by molar-refractivity contribution is 7.92. The van der Waals surface area contributed by atoms with Crippen LogP contribution in [0.2, 0.25) is 0 Å². The third-order valence-corrected chi connectivity index (χ3v) is 6.01. The van der Waals surface area contributed by atoms with Crippen molar-refractivity contribution in [1.29, 1.82) is 0 Å². The zero-order valence-electron chi connectivity index (χ0n) is 18.6. The molecule has 31 heavy (non-hydrogen) atoms. The van der Waals surface area contributed by atoms with Crippen LogP contribution in [0.5, 0.6) is 11.5 Å². The van der Waals surface area contributed by atoms with E-state index in [0.717, 1.165) is 30.4 Å². The van der Waals surface area contributed by atoms with Gasteiger partial charge in [0.2, 0.25) is 15.9 Å². The van der Waals surface area contributed by atoms with Gasteiger partial charge in [0.1, 0.15) is 17.5 Å². The zero-order valence-corrected chi connectivity index (χ0v) is 19.4. The van der Waals surface area contributed by atoms with E-state index in [1.165, 1.54) is 4.31 Å². The molecule has 0 saturated heterocycles. The van der Waals surface area contributed by atoms with Crippen LogP contribution in [0, 0.1) is 0 Å². The van der Waals surface area contributed by atoms with Gasteiger partial charge in [0.15, 0.2) is 0 Å². The predicted molar refractivity (Wildman–Crippen MR) is 123 cm³/mol. The quantitative estimate of drug-likeness (QED) is 0.503. The number of aryl methyl sites for hydroxylation is 1. The first-order valence-corrected chi connectivity index (χ1v) is 12.3. The van der Waals surface area contributed by atoms with Crippen LogP contribution >= 0.6 is 0 Å². The van der Waals surface area contributed by atoms with Crippen molar-refractivity contribution in [2.45, 2.75) is 39.2 Å². The summed E-state index contributed by atoms with van der Waals surface area (Å²) in [5, 5.41) is 2.89. The van der Waals surface area contributed by atoms with E-state index in [9.17, 15) is 13.2 Å². The molecule has 0 aliphatic heterocycles. The second-order valence-electron chi connectivity index (χ2n) is 7.15. The third-order valence-electron chi connectivity index (χ3n) is 4.83. The van der Waals surface area contributed by atoms with E-state index >= 15 is 0 Å². The van der Waals surface area contributed by atoms with Crippen LogP contribution in [-0.4, -0.2) is 46.9 Å². The maximum absolute atomic E-state index is 12.8. The van der Waals surface area contributed by atoms with Crippen molar-refractivity contribution in [1.82, 2.24) is 5.32 Å². The summed E-state index contributed by atoms with van der Waals surface area (Å²) in [6.07, 6.45) is 3.01. The van der Waals surface area contributed by atoms with Gasteiger partial charge in [-0.25, -0.2) is 8.42 Å². The van der Waals surface area contributed by atoms with Crippen molar-refractivity contribution < 1.29 is 22.7 Å². The lowest BCUT2D eigenvalue weighted by Crippen LogP contribution is -2.49. The molecule has 0 saturated carbocycles. The van der Waals surface area contributed by atoms with Crippen LogP contribution < -0.4 is 19.1 Å². The van der Waals surface area contributed by atoms with E-state index in [2.05, 4.69) is 5.32 Å². The second kappa shape index (κ2) is 11.6. The normalized spacial score (nSPS) is 12.1. The molecule has 0 fully saturated rings. The molecule has 0 bridgehead atoms. The molecule has 170 valence electrons. The number of benzene rings is 2. The minimum atomic E-state index is -3.66. The number of rotatable bonds is 12. The molecule has 0 radical (unpaired) electrons. The van der Waals surface area contributed by atoms with Crippen LogP contribution in [0.15, 0.2) is 48.5 Å². The Balaban J connectivity index is 1.99. The van der Waals surface area contributed by atoms with E-state index in [1.807, 2.05) is 31.2 Å². The molecule has 0 aromatic heterocycles. The average molecular weight is 449 g/mol. The summed E-state index contributed by atoms with van der Waals surface area (Å²) in [5.41, 5.74) is 1.58. The van der Waals surface area contributed by atoms with E-state index in [4.69, 9.17) is 9.47 Å². The van der Waals surface area contributed by atoms with Crippen LogP contribution in [0.4, 0.5) is 5.69 Å². The molecule has 0 spiro atoms. The lowest BCUT2D eigenvalue weighted by atomic mass is 10.1. The van der Waals surface area contributed by atoms with E-state index in [1.54, 1.807) is 38.3 Å². The van der Waals surface area contributed by atoms with Crippen LogP contribution in [-0.2, 0) is 21.2 Å². The van der Waals surface area contributed by atoms with Gasteiger partial charge in [0, 0.05) is 6.54 Å². The minimum Gasteiger partial charge on any atom is -0.497 e. The largest absolute Gasteiger partial charge is 0.497 e. The van der Waals surface area contributed by atoms with Crippen molar-refractivity contribution in [3.8, 4) is 11.5 Å². The first kappa shape index (κ1) is 24.5. The predicted octanol–water partition coefficient (Wildman–Crippen LogP) is 3.39. The summed E-state index contributed by atoms with van der Waals surface area (Å²) in [5.74, 6) is 1.14. The first-order chi connectivity index (χ1) is 14.8. The molecule has 0 aliphatic carbocycles. The van der Waals surface area contributed by atoms with Crippen molar-refractivity contribution in [2.24, 2.45) is 0 Å². The maximum Gasteiger partial charge on any atom is 0.243 e. The number of nitrogens with one attached hydrogen (secondary N) is 1.